The van der Waals surface area contributed by atoms with Crippen molar-refractivity contribution in [2.75, 3.05) is 0 Å². The van der Waals surface area contributed by atoms with Crippen LogP contribution in [0.3, 0.4) is 0 Å². The van der Waals surface area contributed by atoms with Crippen molar-refractivity contribution < 1.29 is 14.5 Å². The summed E-state index contributed by atoms with van der Waals surface area (Å²) in [5.41, 5.74) is 5.30. The number of carbonyl (C=O) groups excluding carboxylic acids is 1. The van der Waals surface area contributed by atoms with E-state index >= 15 is 0 Å². The fraction of sp³-hybridized carbons (Fsp3) is 0.0909. The van der Waals surface area contributed by atoms with Crippen LogP contribution >= 0.6 is 43.5 Å². The number of nitrogens with zero attached hydrogens (tertiary/aromatic N) is 2. The Bertz CT molecular complexity index is 1180. The minimum atomic E-state index is -0.448. The van der Waals surface area contributed by atoms with Crippen LogP contribution in [0.15, 0.2) is 68.6 Å². The molecule has 3 aromatic rings. The lowest BCUT2D eigenvalue weighted by Crippen LogP contribution is -2.17. The van der Waals surface area contributed by atoms with Gasteiger partial charge in [0.2, 0.25) is 0 Å². The fourth-order valence-corrected chi connectivity index (χ4v) is 4.26. The van der Waals surface area contributed by atoms with Gasteiger partial charge in [0.05, 0.1) is 20.1 Å². The van der Waals surface area contributed by atoms with Crippen molar-refractivity contribution in [3.05, 3.63) is 101 Å². The second-order valence-corrected chi connectivity index (χ2v) is 8.80. The molecule has 0 bridgehead atoms. The summed E-state index contributed by atoms with van der Waals surface area (Å²) in [5.74, 6) is 0.197. The highest BCUT2D eigenvalue weighted by Gasteiger charge is 2.11. The van der Waals surface area contributed by atoms with E-state index in [9.17, 15) is 14.9 Å². The molecule has 3 rings (SSSR count). The monoisotopic (exact) mass is 579 g/mol. The molecule has 32 heavy (non-hydrogen) atoms. The Morgan fingerprint density at radius 2 is 1.81 bits per heavy atom. The third-order valence-corrected chi connectivity index (χ3v) is 5.95. The molecule has 0 saturated heterocycles. The van der Waals surface area contributed by atoms with Gasteiger partial charge in [-0.15, -0.1) is 0 Å². The highest BCUT2D eigenvalue weighted by atomic mass is 79.9. The molecule has 164 valence electrons. The molecular weight excluding hydrogens is 566 g/mol. The predicted octanol–water partition coefficient (Wildman–Crippen LogP) is 6.42. The van der Waals surface area contributed by atoms with E-state index in [1.165, 1.54) is 18.3 Å². The Labute approximate surface area is 205 Å². The number of rotatable bonds is 7. The lowest BCUT2D eigenvalue weighted by Gasteiger charge is -2.11. The summed E-state index contributed by atoms with van der Waals surface area (Å²) in [7, 11) is 0. The highest BCUT2D eigenvalue weighted by molar-refractivity contribution is 9.11. The number of hydrogen-bond acceptors (Lipinski definition) is 5. The summed E-state index contributed by atoms with van der Waals surface area (Å²) in [5, 5.41) is 15.3. The smallest absolute Gasteiger partial charge is 0.271 e. The zero-order valence-corrected chi connectivity index (χ0v) is 20.6. The van der Waals surface area contributed by atoms with Crippen LogP contribution in [0.5, 0.6) is 5.75 Å². The van der Waals surface area contributed by atoms with E-state index in [2.05, 4.69) is 42.4 Å². The second kappa shape index (κ2) is 10.7. The minimum absolute atomic E-state index is 0.0253. The molecule has 7 nitrogen and oxygen atoms in total. The summed E-state index contributed by atoms with van der Waals surface area (Å²) < 4.78 is 7.19. The quantitative estimate of drug-likeness (QED) is 0.198. The Morgan fingerprint density at radius 1 is 1.16 bits per heavy atom. The van der Waals surface area contributed by atoms with Crippen molar-refractivity contribution in [2.24, 2.45) is 5.10 Å². The van der Waals surface area contributed by atoms with Crippen molar-refractivity contribution in [1.29, 1.82) is 0 Å². The number of amides is 1. The lowest BCUT2D eigenvalue weighted by molar-refractivity contribution is -0.384. The van der Waals surface area contributed by atoms with E-state index in [1.54, 1.807) is 42.5 Å². The molecule has 0 saturated carbocycles. The first-order chi connectivity index (χ1) is 15.2. The Kier molecular flexibility index (Phi) is 8.00. The number of nitro groups is 1. The molecule has 10 heteroatoms. The second-order valence-electron chi connectivity index (χ2n) is 6.69. The SMILES string of the molecule is Cc1ccc(C(=O)N/N=C\c2cc(Br)c(OCc3ccc([N+](=O)[O-])cc3)c(Br)c2)cc1Cl. The zero-order chi connectivity index (χ0) is 23.3. The summed E-state index contributed by atoms with van der Waals surface area (Å²) in [4.78, 5) is 22.5. The molecule has 0 aliphatic carbocycles. The molecule has 1 N–H and O–H groups in total. The molecule has 0 spiro atoms. The van der Waals surface area contributed by atoms with E-state index < -0.39 is 4.92 Å². The number of benzene rings is 3. The van der Waals surface area contributed by atoms with Gasteiger partial charge in [0.25, 0.3) is 11.6 Å². The molecule has 0 aliphatic rings. The maximum atomic E-state index is 12.2. The maximum absolute atomic E-state index is 12.2. The van der Waals surface area contributed by atoms with Crippen molar-refractivity contribution >= 4 is 61.3 Å². The number of hydrogen-bond donors (Lipinski definition) is 1. The van der Waals surface area contributed by atoms with Gasteiger partial charge in [-0.3, -0.25) is 14.9 Å². The first-order valence-corrected chi connectivity index (χ1v) is 11.2. The van der Waals surface area contributed by atoms with E-state index in [4.69, 9.17) is 16.3 Å². The van der Waals surface area contributed by atoms with Crippen molar-refractivity contribution in [1.82, 2.24) is 5.43 Å². The van der Waals surface area contributed by atoms with Gasteiger partial charge in [0, 0.05) is 22.7 Å². The molecule has 0 radical (unpaired) electrons. The maximum Gasteiger partial charge on any atom is 0.271 e. The van der Waals surface area contributed by atoms with Crippen LogP contribution in [-0.2, 0) is 6.61 Å². The lowest BCUT2D eigenvalue weighted by atomic mass is 10.1. The normalized spacial score (nSPS) is 10.9. The summed E-state index contributed by atoms with van der Waals surface area (Å²) in [6.07, 6.45) is 1.50. The van der Waals surface area contributed by atoms with Crippen LogP contribution in [0.1, 0.15) is 27.0 Å². The fourth-order valence-electron chi connectivity index (χ4n) is 2.63. The summed E-state index contributed by atoms with van der Waals surface area (Å²) in [6.45, 7) is 2.09. The van der Waals surface area contributed by atoms with Crippen LogP contribution in [0.4, 0.5) is 5.69 Å². The number of halogens is 3. The Balaban J connectivity index is 1.63. The van der Waals surface area contributed by atoms with Crippen LogP contribution in [0.2, 0.25) is 5.02 Å². The third-order valence-electron chi connectivity index (χ3n) is 4.36. The molecule has 1 amide bonds. The molecule has 0 unspecified atom stereocenters. The first-order valence-electron chi connectivity index (χ1n) is 9.19. The summed E-state index contributed by atoms with van der Waals surface area (Å²) >= 11 is 13.0. The van der Waals surface area contributed by atoms with E-state index in [1.807, 2.05) is 6.92 Å². The predicted molar refractivity (Wildman–Crippen MR) is 131 cm³/mol. The molecule has 0 aromatic heterocycles. The first kappa shape index (κ1) is 23.9. The number of ether oxygens (including phenoxy) is 1. The molecule has 0 fully saturated rings. The Morgan fingerprint density at radius 3 is 2.41 bits per heavy atom. The summed E-state index contributed by atoms with van der Waals surface area (Å²) in [6, 6.07) is 14.8. The molecular formula is C22H16Br2ClN3O4. The number of nitro benzene ring substituents is 1. The van der Waals surface area contributed by atoms with E-state index in [-0.39, 0.29) is 18.2 Å². The van der Waals surface area contributed by atoms with Gasteiger partial charge in [0.15, 0.2) is 0 Å². The van der Waals surface area contributed by atoms with E-state index in [0.29, 0.717) is 30.8 Å². The van der Waals surface area contributed by atoms with Crippen LogP contribution < -0.4 is 10.2 Å². The van der Waals surface area contributed by atoms with Gasteiger partial charge in [0.1, 0.15) is 12.4 Å². The van der Waals surface area contributed by atoms with Gasteiger partial charge in [-0.05, 0) is 91.9 Å². The number of nitrogens with one attached hydrogen (secondary N) is 1. The van der Waals surface area contributed by atoms with Gasteiger partial charge in [-0.25, -0.2) is 5.43 Å². The van der Waals surface area contributed by atoms with Crippen LogP contribution in [0, 0.1) is 17.0 Å². The largest absolute Gasteiger partial charge is 0.487 e. The average Bonchev–Trinajstić information content (AvgIpc) is 2.75. The topological polar surface area (TPSA) is 93.8 Å². The van der Waals surface area contributed by atoms with Crippen molar-refractivity contribution in [2.45, 2.75) is 13.5 Å². The van der Waals surface area contributed by atoms with Gasteiger partial charge in [-0.2, -0.15) is 5.10 Å². The Hall–Kier alpha value is -2.75. The third kappa shape index (κ3) is 6.15. The van der Waals surface area contributed by atoms with Crippen molar-refractivity contribution in [3.63, 3.8) is 0 Å². The standard InChI is InChI=1S/C22H16Br2ClN3O4/c1-13-2-5-16(10-20(13)25)22(29)27-26-11-15-8-18(23)21(19(24)9-15)32-12-14-3-6-17(7-4-14)28(30)31/h2-11H,12H2,1H3,(H,27,29)/b26-11-. The van der Waals surface area contributed by atoms with Crippen molar-refractivity contribution in [3.8, 4) is 5.75 Å². The number of aryl methyl sites for hydroxylation is 1. The van der Waals surface area contributed by atoms with Gasteiger partial charge in [-0.1, -0.05) is 17.7 Å². The molecule has 0 aliphatic heterocycles. The highest BCUT2D eigenvalue weighted by Crippen LogP contribution is 2.35. The number of hydrazone groups is 1. The number of carbonyl (C=O) groups is 1. The number of non-ortho nitro benzene ring substituents is 1. The average molecular weight is 582 g/mol. The molecule has 0 heterocycles. The van der Waals surface area contributed by atoms with Gasteiger partial charge < -0.3 is 4.74 Å². The van der Waals surface area contributed by atoms with Crippen LogP contribution in [0.25, 0.3) is 0 Å². The molecule has 3 aromatic carbocycles. The van der Waals surface area contributed by atoms with Gasteiger partial charge >= 0.3 is 0 Å². The van der Waals surface area contributed by atoms with E-state index in [0.717, 1.165) is 11.1 Å². The minimum Gasteiger partial charge on any atom is -0.487 e. The zero-order valence-electron chi connectivity index (χ0n) is 16.6. The van der Waals surface area contributed by atoms with Crippen LogP contribution in [-0.4, -0.2) is 17.0 Å². The molecule has 0 atom stereocenters.